The maximum Gasteiger partial charge on any atom is 0.0584 e. The second-order valence-corrected chi connectivity index (χ2v) is 4.49. The molecule has 0 N–H and O–H groups in total. The molecule has 0 saturated heterocycles. The summed E-state index contributed by atoms with van der Waals surface area (Å²) < 4.78 is 2.00. The summed E-state index contributed by atoms with van der Waals surface area (Å²) in [6.07, 6.45) is 6.34. The first-order chi connectivity index (χ1) is 8.43. The first-order valence-corrected chi connectivity index (χ1v) is 6.24. The van der Waals surface area contributed by atoms with E-state index in [2.05, 4.69) is 34.3 Å². The van der Waals surface area contributed by atoms with Gasteiger partial charge in [0.25, 0.3) is 0 Å². The van der Waals surface area contributed by atoms with Gasteiger partial charge in [0.15, 0.2) is 0 Å². The molecule has 0 bridgehead atoms. The van der Waals surface area contributed by atoms with E-state index in [9.17, 15) is 0 Å². The van der Waals surface area contributed by atoms with Crippen LogP contribution in [0.25, 0.3) is 0 Å². The molecule has 0 aliphatic carbocycles. The van der Waals surface area contributed by atoms with E-state index < -0.39 is 0 Å². The Kier molecular flexibility index (Phi) is 2.82. The van der Waals surface area contributed by atoms with Crippen molar-refractivity contribution in [2.24, 2.45) is 0 Å². The van der Waals surface area contributed by atoms with Gasteiger partial charge in [-0.05, 0) is 30.5 Å². The van der Waals surface area contributed by atoms with E-state index in [1.54, 1.807) is 0 Å². The Labute approximate surface area is 102 Å². The van der Waals surface area contributed by atoms with Crippen molar-refractivity contribution in [1.82, 2.24) is 9.78 Å². The zero-order chi connectivity index (χ0) is 11.5. The summed E-state index contributed by atoms with van der Waals surface area (Å²) in [5.74, 6) is 0. The Morgan fingerprint density at radius 1 is 1.12 bits per heavy atom. The lowest BCUT2D eigenvalue weighted by Crippen LogP contribution is -2.32. The van der Waals surface area contributed by atoms with Gasteiger partial charge in [0.05, 0.1) is 6.54 Å². The predicted molar refractivity (Wildman–Crippen MR) is 69.2 cm³/mol. The van der Waals surface area contributed by atoms with Crippen LogP contribution in [0.1, 0.15) is 12.0 Å². The third-order valence-electron chi connectivity index (χ3n) is 3.36. The molecule has 1 aromatic carbocycles. The number of hydrogen-bond donors (Lipinski definition) is 0. The average molecular weight is 227 g/mol. The van der Waals surface area contributed by atoms with Crippen LogP contribution in [0.15, 0.2) is 42.7 Å². The number of aromatic nitrogens is 2. The lowest BCUT2D eigenvalue weighted by molar-refractivity contribution is 0.579. The lowest BCUT2D eigenvalue weighted by Gasteiger charge is -2.31. The van der Waals surface area contributed by atoms with Crippen LogP contribution < -0.4 is 4.90 Å². The Morgan fingerprint density at radius 2 is 2.06 bits per heavy atom. The van der Waals surface area contributed by atoms with Crippen LogP contribution in [0.4, 0.5) is 5.69 Å². The van der Waals surface area contributed by atoms with Crippen molar-refractivity contribution >= 4 is 5.69 Å². The van der Waals surface area contributed by atoms with Crippen molar-refractivity contribution in [3.63, 3.8) is 0 Å². The topological polar surface area (TPSA) is 21.1 Å². The standard InChI is InChI=1S/C14H17N3/c1-2-7-14-13(5-1)6-3-9-16(14)11-12-17-10-4-8-15-17/h1-2,4-5,7-8,10H,3,6,9,11-12H2. The van der Waals surface area contributed by atoms with Crippen LogP contribution in [-0.2, 0) is 13.0 Å². The number of fused-ring (bicyclic) bond motifs is 1. The molecule has 0 amide bonds. The fourth-order valence-corrected chi connectivity index (χ4v) is 2.50. The minimum atomic E-state index is 0.960. The molecule has 2 aromatic rings. The summed E-state index contributed by atoms with van der Waals surface area (Å²) in [6, 6.07) is 10.7. The Bertz CT molecular complexity index is 476. The minimum Gasteiger partial charge on any atom is -0.369 e. The molecule has 1 aromatic heterocycles. The van der Waals surface area contributed by atoms with Gasteiger partial charge in [0, 0.05) is 31.2 Å². The van der Waals surface area contributed by atoms with E-state index in [-0.39, 0.29) is 0 Å². The van der Waals surface area contributed by atoms with Crippen molar-refractivity contribution in [1.29, 1.82) is 0 Å². The molecule has 1 aliphatic heterocycles. The first kappa shape index (κ1) is 10.4. The second-order valence-electron chi connectivity index (χ2n) is 4.49. The Balaban J connectivity index is 1.72. The number of rotatable bonds is 3. The van der Waals surface area contributed by atoms with Crippen LogP contribution >= 0.6 is 0 Å². The van der Waals surface area contributed by atoms with Crippen LogP contribution in [0.5, 0.6) is 0 Å². The van der Waals surface area contributed by atoms with Gasteiger partial charge in [0.2, 0.25) is 0 Å². The monoisotopic (exact) mass is 227 g/mol. The average Bonchev–Trinajstić information content (AvgIpc) is 2.89. The highest BCUT2D eigenvalue weighted by molar-refractivity contribution is 5.55. The molecule has 1 aliphatic rings. The molecular weight excluding hydrogens is 210 g/mol. The number of hydrogen-bond acceptors (Lipinski definition) is 2. The molecule has 0 fully saturated rings. The van der Waals surface area contributed by atoms with Crippen LogP contribution in [0.3, 0.4) is 0 Å². The summed E-state index contributed by atoms with van der Waals surface area (Å²) in [7, 11) is 0. The fourth-order valence-electron chi connectivity index (χ4n) is 2.50. The van der Waals surface area contributed by atoms with Crippen molar-refractivity contribution in [3.05, 3.63) is 48.3 Å². The van der Waals surface area contributed by atoms with Crippen molar-refractivity contribution in [2.75, 3.05) is 18.0 Å². The zero-order valence-electron chi connectivity index (χ0n) is 9.92. The van der Waals surface area contributed by atoms with Crippen LogP contribution in [-0.4, -0.2) is 22.9 Å². The summed E-state index contributed by atoms with van der Waals surface area (Å²) in [4.78, 5) is 2.47. The molecule has 0 saturated carbocycles. The largest absolute Gasteiger partial charge is 0.369 e. The maximum absolute atomic E-state index is 4.25. The van der Waals surface area contributed by atoms with Crippen molar-refractivity contribution in [2.45, 2.75) is 19.4 Å². The normalized spacial score (nSPS) is 14.7. The van der Waals surface area contributed by atoms with E-state index in [0.717, 1.165) is 19.6 Å². The van der Waals surface area contributed by atoms with E-state index >= 15 is 0 Å². The van der Waals surface area contributed by atoms with Gasteiger partial charge >= 0.3 is 0 Å². The summed E-state index contributed by atoms with van der Waals surface area (Å²) in [5.41, 5.74) is 2.89. The van der Waals surface area contributed by atoms with Gasteiger partial charge in [-0.1, -0.05) is 18.2 Å². The summed E-state index contributed by atoms with van der Waals surface area (Å²) in [6.45, 7) is 3.16. The highest BCUT2D eigenvalue weighted by atomic mass is 15.3. The first-order valence-electron chi connectivity index (χ1n) is 6.24. The molecule has 0 spiro atoms. The predicted octanol–water partition coefficient (Wildman–Crippen LogP) is 2.34. The maximum atomic E-state index is 4.25. The Hall–Kier alpha value is -1.77. The number of aryl methyl sites for hydroxylation is 1. The number of nitrogens with zero attached hydrogens (tertiary/aromatic N) is 3. The molecule has 88 valence electrons. The van der Waals surface area contributed by atoms with E-state index in [0.29, 0.717) is 0 Å². The highest BCUT2D eigenvalue weighted by Gasteiger charge is 2.15. The molecular formula is C14H17N3. The van der Waals surface area contributed by atoms with E-state index in [1.165, 1.54) is 24.1 Å². The second kappa shape index (κ2) is 4.62. The molecule has 0 atom stereocenters. The minimum absolute atomic E-state index is 0.960. The zero-order valence-corrected chi connectivity index (χ0v) is 9.92. The van der Waals surface area contributed by atoms with Gasteiger partial charge in [-0.2, -0.15) is 5.10 Å². The summed E-state index contributed by atoms with van der Waals surface area (Å²) >= 11 is 0. The highest BCUT2D eigenvalue weighted by Crippen LogP contribution is 2.26. The van der Waals surface area contributed by atoms with Crippen LogP contribution in [0.2, 0.25) is 0 Å². The third-order valence-corrected chi connectivity index (χ3v) is 3.36. The molecule has 3 nitrogen and oxygen atoms in total. The number of para-hydroxylation sites is 1. The molecule has 3 heteroatoms. The van der Waals surface area contributed by atoms with Gasteiger partial charge in [-0.15, -0.1) is 0 Å². The smallest absolute Gasteiger partial charge is 0.0584 e. The molecule has 17 heavy (non-hydrogen) atoms. The quantitative estimate of drug-likeness (QED) is 0.802. The summed E-state index contributed by atoms with van der Waals surface area (Å²) in [5, 5.41) is 4.25. The van der Waals surface area contributed by atoms with Crippen LogP contribution in [0, 0.1) is 0 Å². The van der Waals surface area contributed by atoms with Gasteiger partial charge in [0.1, 0.15) is 0 Å². The van der Waals surface area contributed by atoms with Gasteiger partial charge < -0.3 is 4.90 Å². The molecule has 0 unspecified atom stereocenters. The van der Waals surface area contributed by atoms with Crippen molar-refractivity contribution < 1.29 is 0 Å². The van der Waals surface area contributed by atoms with Gasteiger partial charge in [-0.3, -0.25) is 4.68 Å². The molecule has 0 radical (unpaired) electrons. The van der Waals surface area contributed by atoms with Crippen molar-refractivity contribution in [3.8, 4) is 0 Å². The Morgan fingerprint density at radius 3 is 2.94 bits per heavy atom. The fraction of sp³-hybridized carbons (Fsp3) is 0.357. The molecule has 2 heterocycles. The number of anilines is 1. The van der Waals surface area contributed by atoms with E-state index in [1.807, 2.05) is 23.1 Å². The lowest BCUT2D eigenvalue weighted by atomic mass is 10.0. The SMILES string of the molecule is c1ccc2c(c1)CCCN2CCn1cccn1. The van der Waals surface area contributed by atoms with E-state index in [4.69, 9.17) is 0 Å². The van der Waals surface area contributed by atoms with Gasteiger partial charge in [-0.25, -0.2) is 0 Å². The third kappa shape index (κ3) is 2.18. The molecule has 3 rings (SSSR count). The number of benzene rings is 1.